The van der Waals surface area contributed by atoms with Gasteiger partial charge in [-0.05, 0) is 41.5 Å². The van der Waals surface area contributed by atoms with Crippen molar-refractivity contribution in [3.8, 4) is 0 Å². The summed E-state index contributed by atoms with van der Waals surface area (Å²) >= 11 is 0. The zero-order chi connectivity index (χ0) is 20.4. The van der Waals surface area contributed by atoms with E-state index in [1.807, 2.05) is 13.8 Å². The van der Waals surface area contributed by atoms with E-state index < -0.39 is 23.3 Å². The number of Topliss-reactive ketones (excluding diaryl/α,β-unsaturated/α-hetero) is 2. The standard InChI is InChI=1S/C18H23N5O4/c1-8-9(2)22-14-15(19-17(22)21(8)10(3)12(5)24)20(7)18(27)23(16(14)26)11(4)13(6)25/h10-11H,1-7H3/t10-,11+/m1/s1. The Morgan fingerprint density at radius 1 is 0.926 bits per heavy atom. The zero-order valence-electron chi connectivity index (χ0n) is 16.5. The van der Waals surface area contributed by atoms with Gasteiger partial charge in [-0.1, -0.05) is 0 Å². The molecule has 3 rings (SSSR count). The fourth-order valence-corrected chi connectivity index (χ4v) is 3.41. The van der Waals surface area contributed by atoms with Gasteiger partial charge in [0, 0.05) is 18.4 Å². The fraction of sp³-hybridized carbons (Fsp3) is 0.500. The first kappa shape index (κ1) is 18.8. The number of aromatic nitrogens is 5. The van der Waals surface area contributed by atoms with E-state index in [-0.39, 0.29) is 22.7 Å². The van der Waals surface area contributed by atoms with Crippen LogP contribution in [-0.2, 0) is 16.6 Å². The summed E-state index contributed by atoms with van der Waals surface area (Å²) < 4.78 is 5.65. The second-order valence-corrected chi connectivity index (χ2v) is 7.05. The highest BCUT2D eigenvalue weighted by Crippen LogP contribution is 2.24. The monoisotopic (exact) mass is 373 g/mol. The van der Waals surface area contributed by atoms with Crippen molar-refractivity contribution in [2.75, 3.05) is 0 Å². The molecule has 0 spiro atoms. The molecule has 0 aromatic carbocycles. The summed E-state index contributed by atoms with van der Waals surface area (Å²) in [6, 6.07) is -1.35. The maximum atomic E-state index is 13.2. The van der Waals surface area contributed by atoms with E-state index in [1.165, 1.54) is 32.4 Å². The Hall–Kier alpha value is -2.97. The predicted molar refractivity (Wildman–Crippen MR) is 100 cm³/mol. The van der Waals surface area contributed by atoms with Crippen LogP contribution in [0.5, 0.6) is 0 Å². The Kier molecular flexibility index (Phi) is 4.21. The van der Waals surface area contributed by atoms with Crippen molar-refractivity contribution in [1.29, 1.82) is 0 Å². The summed E-state index contributed by atoms with van der Waals surface area (Å²) in [4.78, 5) is 54.1. The smallest absolute Gasteiger partial charge is 0.304 e. The van der Waals surface area contributed by atoms with Gasteiger partial charge in [-0.15, -0.1) is 0 Å². The SMILES string of the molecule is CC(=O)[C@@H](C)n1c(C)c(C)n2c3c(=O)n([C@@H](C)C(C)=O)c(=O)n(C)c3nc12. The van der Waals surface area contributed by atoms with E-state index in [0.29, 0.717) is 5.78 Å². The first-order valence-corrected chi connectivity index (χ1v) is 8.72. The van der Waals surface area contributed by atoms with Crippen LogP contribution in [0.1, 0.15) is 51.2 Å². The van der Waals surface area contributed by atoms with Crippen LogP contribution in [0.25, 0.3) is 16.9 Å². The number of nitrogens with zero attached hydrogens (tertiary/aromatic N) is 5. The van der Waals surface area contributed by atoms with E-state index in [1.54, 1.807) is 15.9 Å². The van der Waals surface area contributed by atoms with Crippen LogP contribution in [0.3, 0.4) is 0 Å². The molecule has 0 unspecified atom stereocenters. The number of ketones is 2. The number of fused-ring (bicyclic) bond motifs is 3. The van der Waals surface area contributed by atoms with Crippen molar-refractivity contribution in [3.05, 3.63) is 32.2 Å². The van der Waals surface area contributed by atoms with Gasteiger partial charge in [0.25, 0.3) is 5.56 Å². The lowest BCUT2D eigenvalue weighted by atomic mass is 10.2. The third-order valence-corrected chi connectivity index (χ3v) is 5.46. The number of rotatable bonds is 4. The van der Waals surface area contributed by atoms with Gasteiger partial charge in [0.1, 0.15) is 0 Å². The van der Waals surface area contributed by atoms with Gasteiger partial charge in [-0.25, -0.2) is 9.36 Å². The number of imidazole rings is 2. The number of aryl methyl sites for hydroxylation is 2. The van der Waals surface area contributed by atoms with Crippen molar-refractivity contribution >= 4 is 28.5 Å². The molecule has 2 atom stereocenters. The molecule has 3 aromatic rings. The fourth-order valence-electron chi connectivity index (χ4n) is 3.41. The maximum Gasteiger partial charge on any atom is 0.333 e. The second kappa shape index (κ2) is 6.04. The molecule has 27 heavy (non-hydrogen) atoms. The largest absolute Gasteiger partial charge is 0.333 e. The molecule has 0 fully saturated rings. The average molecular weight is 373 g/mol. The van der Waals surface area contributed by atoms with Crippen LogP contribution < -0.4 is 11.2 Å². The Labute approximate surface area is 154 Å². The zero-order valence-corrected chi connectivity index (χ0v) is 16.5. The van der Waals surface area contributed by atoms with Crippen LogP contribution in [-0.4, -0.2) is 34.7 Å². The maximum absolute atomic E-state index is 13.2. The second-order valence-electron chi connectivity index (χ2n) is 7.05. The molecule has 0 radical (unpaired) electrons. The molecule has 144 valence electrons. The molecule has 0 aliphatic rings. The number of hydrogen-bond donors (Lipinski definition) is 0. The molecule has 9 heteroatoms. The van der Waals surface area contributed by atoms with Gasteiger partial charge < -0.3 is 4.57 Å². The van der Waals surface area contributed by atoms with Crippen LogP contribution >= 0.6 is 0 Å². The van der Waals surface area contributed by atoms with Crippen LogP contribution in [0, 0.1) is 13.8 Å². The summed E-state index contributed by atoms with van der Waals surface area (Å²) in [6.07, 6.45) is 0. The van der Waals surface area contributed by atoms with Crippen molar-refractivity contribution < 1.29 is 9.59 Å². The van der Waals surface area contributed by atoms with Crippen LogP contribution in [0.4, 0.5) is 0 Å². The first-order valence-electron chi connectivity index (χ1n) is 8.72. The molecule has 0 amide bonds. The van der Waals surface area contributed by atoms with Crippen molar-refractivity contribution in [1.82, 2.24) is 23.1 Å². The topological polar surface area (TPSA) is 100 Å². The van der Waals surface area contributed by atoms with Gasteiger partial charge >= 0.3 is 5.69 Å². The molecular formula is C18H23N5O4. The lowest BCUT2D eigenvalue weighted by Crippen LogP contribution is -2.42. The molecule has 3 aromatic heterocycles. The molecule has 0 aliphatic heterocycles. The summed E-state index contributed by atoms with van der Waals surface area (Å²) in [5, 5.41) is 0. The minimum atomic E-state index is -0.884. The number of carbonyl (C=O) groups excluding carboxylic acids is 2. The molecule has 0 N–H and O–H groups in total. The summed E-state index contributed by atoms with van der Waals surface area (Å²) in [5.74, 6) is 0.0900. The van der Waals surface area contributed by atoms with Gasteiger partial charge in [0.05, 0.1) is 12.1 Å². The first-order chi connectivity index (χ1) is 12.5. The Bertz CT molecular complexity index is 1240. The van der Waals surface area contributed by atoms with Gasteiger partial charge in [-0.2, -0.15) is 4.98 Å². The van der Waals surface area contributed by atoms with Crippen molar-refractivity contribution in [2.45, 2.75) is 53.6 Å². The minimum absolute atomic E-state index is 0.0424. The molecule has 9 nitrogen and oxygen atoms in total. The van der Waals surface area contributed by atoms with Crippen LogP contribution in [0.15, 0.2) is 9.59 Å². The minimum Gasteiger partial charge on any atom is -0.304 e. The van der Waals surface area contributed by atoms with Crippen molar-refractivity contribution in [3.63, 3.8) is 0 Å². The molecule has 0 saturated carbocycles. The Morgan fingerprint density at radius 2 is 1.44 bits per heavy atom. The summed E-state index contributed by atoms with van der Waals surface area (Å²) in [7, 11) is 1.51. The Balaban J connectivity index is 2.58. The quantitative estimate of drug-likeness (QED) is 0.681. The number of hydrogen-bond acceptors (Lipinski definition) is 5. The van der Waals surface area contributed by atoms with Gasteiger partial charge in [-0.3, -0.25) is 23.4 Å². The van der Waals surface area contributed by atoms with Crippen molar-refractivity contribution in [2.24, 2.45) is 7.05 Å². The van der Waals surface area contributed by atoms with E-state index in [0.717, 1.165) is 16.0 Å². The molecule has 0 saturated heterocycles. The highest BCUT2D eigenvalue weighted by atomic mass is 16.2. The lowest BCUT2D eigenvalue weighted by Gasteiger charge is -2.13. The van der Waals surface area contributed by atoms with Gasteiger partial charge in [0.15, 0.2) is 22.7 Å². The number of carbonyl (C=O) groups is 2. The third-order valence-electron chi connectivity index (χ3n) is 5.46. The summed E-state index contributed by atoms with van der Waals surface area (Å²) in [6.45, 7) is 9.81. The predicted octanol–water partition coefficient (Wildman–Crippen LogP) is 1.07. The highest BCUT2D eigenvalue weighted by molar-refractivity contribution is 5.83. The molecule has 3 heterocycles. The van der Waals surface area contributed by atoms with Crippen LogP contribution in [0.2, 0.25) is 0 Å². The Morgan fingerprint density at radius 3 is 1.96 bits per heavy atom. The molecule has 0 aliphatic carbocycles. The van der Waals surface area contributed by atoms with E-state index in [2.05, 4.69) is 4.98 Å². The van der Waals surface area contributed by atoms with Gasteiger partial charge in [0.2, 0.25) is 5.78 Å². The van der Waals surface area contributed by atoms with E-state index in [4.69, 9.17) is 0 Å². The summed E-state index contributed by atoms with van der Waals surface area (Å²) in [5.41, 5.74) is 0.824. The van der Waals surface area contributed by atoms with E-state index in [9.17, 15) is 19.2 Å². The third kappa shape index (κ3) is 2.41. The normalized spacial score (nSPS) is 14.0. The molecular weight excluding hydrogens is 350 g/mol. The highest BCUT2D eigenvalue weighted by Gasteiger charge is 2.27. The average Bonchev–Trinajstić information content (AvgIpc) is 3.08. The lowest BCUT2D eigenvalue weighted by molar-refractivity contribution is -0.120. The molecule has 0 bridgehead atoms. The van der Waals surface area contributed by atoms with E-state index >= 15 is 0 Å².